The largest absolute Gasteiger partial charge is 0.457 e. The maximum atomic E-state index is 12.6. The van der Waals surface area contributed by atoms with Gasteiger partial charge in [0.15, 0.2) is 0 Å². The summed E-state index contributed by atoms with van der Waals surface area (Å²) in [5, 5.41) is 0.726. The van der Waals surface area contributed by atoms with E-state index in [1.54, 1.807) is 0 Å². The van der Waals surface area contributed by atoms with Gasteiger partial charge in [-0.3, -0.25) is 9.28 Å². The second-order valence-corrected chi connectivity index (χ2v) is 12.9. The van der Waals surface area contributed by atoms with Gasteiger partial charge < -0.3 is 9.47 Å². The summed E-state index contributed by atoms with van der Waals surface area (Å²) in [6.07, 6.45) is 21.6. The van der Waals surface area contributed by atoms with E-state index in [0.717, 1.165) is 48.0 Å². The van der Waals surface area contributed by atoms with E-state index >= 15 is 0 Å². The van der Waals surface area contributed by atoms with Crippen molar-refractivity contribution in [1.82, 2.24) is 0 Å². The number of halogens is 1. The Morgan fingerprint density at radius 1 is 0.854 bits per heavy atom. The molecule has 41 heavy (non-hydrogen) atoms. The minimum absolute atomic E-state index is 0.0683. The summed E-state index contributed by atoms with van der Waals surface area (Å²) in [6.45, 7) is 4.47. The smallest absolute Gasteiger partial charge is 0.310 e. The average molecular weight is 581 g/mol. The lowest BCUT2D eigenvalue weighted by Gasteiger charge is -2.29. The van der Waals surface area contributed by atoms with Crippen molar-refractivity contribution in [1.29, 1.82) is 0 Å². The number of allylic oxidation sites excluding steroid dienone is 2. The summed E-state index contributed by atoms with van der Waals surface area (Å²) in [6, 6.07) is 14.3. The average Bonchev–Trinajstić information content (AvgIpc) is 3.27. The lowest BCUT2D eigenvalue weighted by Crippen LogP contribution is -2.44. The summed E-state index contributed by atoms with van der Waals surface area (Å²) in [5.74, 6) is 2.28. The molecule has 0 spiro atoms. The van der Waals surface area contributed by atoms with Gasteiger partial charge in [0, 0.05) is 34.4 Å². The number of hydrogen-bond donors (Lipinski definition) is 0. The van der Waals surface area contributed by atoms with Crippen LogP contribution in [-0.4, -0.2) is 37.3 Å². The molecule has 2 aromatic carbocycles. The number of esters is 1. The van der Waals surface area contributed by atoms with Crippen LogP contribution in [0.2, 0.25) is 5.02 Å². The molecule has 3 atom stereocenters. The number of hydrogen-bond acceptors (Lipinski definition) is 3. The Kier molecular flexibility index (Phi) is 12.6. The van der Waals surface area contributed by atoms with E-state index in [4.69, 9.17) is 21.1 Å². The third-order valence-electron chi connectivity index (χ3n) is 8.85. The van der Waals surface area contributed by atoms with Gasteiger partial charge in [0.05, 0.1) is 20.1 Å². The highest BCUT2D eigenvalue weighted by atomic mass is 35.5. The minimum atomic E-state index is -0.0683. The Labute approximate surface area is 253 Å². The van der Waals surface area contributed by atoms with Crippen LogP contribution < -0.4 is 4.74 Å². The molecule has 2 heterocycles. The van der Waals surface area contributed by atoms with Gasteiger partial charge in [-0.25, -0.2) is 0 Å². The number of carbonyl (C=O) groups excluding carboxylic acids is 1. The van der Waals surface area contributed by atoms with Gasteiger partial charge in [-0.15, -0.1) is 0 Å². The predicted octanol–water partition coefficient (Wildman–Crippen LogP) is 10.3. The van der Waals surface area contributed by atoms with Crippen LogP contribution in [0.4, 0.5) is 0 Å². The van der Waals surface area contributed by atoms with Crippen molar-refractivity contribution < 1.29 is 18.8 Å². The molecule has 1 fully saturated rings. The first-order chi connectivity index (χ1) is 20.0. The van der Waals surface area contributed by atoms with Crippen molar-refractivity contribution in [2.75, 3.05) is 26.9 Å². The van der Waals surface area contributed by atoms with E-state index < -0.39 is 0 Å². The molecule has 4 rings (SSSR count). The fourth-order valence-electron chi connectivity index (χ4n) is 6.55. The number of ether oxygens (including phenoxy) is 2. The van der Waals surface area contributed by atoms with E-state index in [-0.39, 0.29) is 11.9 Å². The van der Waals surface area contributed by atoms with Gasteiger partial charge in [0.25, 0.3) is 0 Å². The Morgan fingerprint density at radius 2 is 1.46 bits per heavy atom. The van der Waals surface area contributed by atoms with Gasteiger partial charge in [0.2, 0.25) is 6.73 Å². The summed E-state index contributed by atoms with van der Waals surface area (Å²) in [7, 11) is 2.21. The Hall–Kier alpha value is -2.30. The molecular weight excluding hydrogens is 530 g/mol. The maximum absolute atomic E-state index is 12.6. The number of likely N-dealkylation sites (tertiary alicyclic amines) is 1. The molecule has 1 saturated heterocycles. The summed E-state index contributed by atoms with van der Waals surface area (Å²) >= 11 is 6.41. The molecule has 2 aromatic rings. The lowest BCUT2D eigenvalue weighted by atomic mass is 9.84. The summed E-state index contributed by atoms with van der Waals surface area (Å²) < 4.78 is 12.9. The number of unbranched alkanes of at least 4 members (excludes halogenated alkanes) is 11. The first kappa shape index (κ1) is 31.6. The van der Waals surface area contributed by atoms with Crippen LogP contribution in [0.3, 0.4) is 0 Å². The highest BCUT2D eigenvalue weighted by molar-refractivity contribution is 6.30. The molecule has 0 aliphatic carbocycles. The molecule has 5 heteroatoms. The van der Waals surface area contributed by atoms with Crippen LogP contribution in [0.1, 0.15) is 120 Å². The second-order valence-electron chi connectivity index (χ2n) is 12.5. The lowest BCUT2D eigenvalue weighted by molar-refractivity contribution is -0.915. The van der Waals surface area contributed by atoms with Gasteiger partial charge >= 0.3 is 5.97 Å². The zero-order chi connectivity index (χ0) is 28.9. The SMILES string of the molecule is CCCCCCCC/C=C\CCCCCCCC(=O)OC[N+]1(C)CC2c3ccccc3Oc3ccc(Cl)cc3C2C1. The molecule has 0 amide bonds. The number of para-hydroxylation sites is 1. The first-order valence-corrected chi connectivity index (χ1v) is 16.6. The van der Waals surface area contributed by atoms with Crippen molar-refractivity contribution in [3.8, 4) is 11.5 Å². The predicted molar refractivity (Wildman–Crippen MR) is 170 cm³/mol. The molecule has 224 valence electrons. The molecule has 2 aliphatic rings. The summed E-state index contributed by atoms with van der Waals surface area (Å²) in [5.41, 5.74) is 2.38. The number of benzene rings is 2. The van der Waals surface area contributed by atoms with Gasteiger partial charge in [-0.2, -0.15) is 0 Å². The van der Waals surface area contributed by atoms with Crippen molar-refractivity contribution in [2.45, 2.75) is 109 Å². The quantitative estimate of drug-likeness (QED) is 0.0807. The molecule has 4 nitrogen and oxygen atoms in total. The standard InChI is InChI=1S/C36H51ClNO3/c1-3-4-5-6-7-8-9-10-11-12-13-14-15-16-17-22-36(39)40-28-38(2)26-32-30-20-18-19-21-34(30)41-35-24-23-29(37)25-31(35)33(32)27-38/h10-11,18-21,23-25,32-33H,3-9,12-17,22,26-28H2,1-2H3/q+1/b11-10-. The zero-order valence-electron chi connectivity index (χ0n) is 25.4. The molecule has 0 saturated carbocycles. The van der Waals surface area contributed by atoms with Crippen molar-refractivity contribution in [2.24, 2.45) is 0 Å². The van der Waals surface area contributed by atoms with E-state index in [9.17, 15) is 4.79 Å². The van der Waals surface area contributed by atoms with Crippen molar-refractivity contribution in [3.05, 3.63) is 70.8 Å². The number of nitrogens with zero attached hydrogens (tertiary/aromatic N) is 1. The molecule has 0 aromatic heterocycles. The van der Waals surface area contributed by atoms with E-state index in [1.807, 2.05) is 24.3 Å². The number of quaternary nitrogens is 1. The zero-order valence-corrected chi connectivity index (χ0v) is 26.2. The molecule has 0 radical (unpaired) electrons. The molecule has 3 unspecified atom stereocenters. The van der Waals surface area contributed by atoms with E-state index in [2.05, 4.69) is 44.3 Å². The van der Waals surface area contributed by atoms with Crippen LogP contribution in [-0.2, 0) is 9.53 Å². The first-order valence-electron chi connectivity index (χ1n) is 16.2. The number of likely N-dealkylation sites (N-methyl/N-ethyl adjacent to an activating group) is 1. The summed E-state index contributed by atoms with van der Waals surface area (Å²) in [4.78, 5) is 12.6. The van der Waals surface area contributed by atoms with Crippen LogP contribution in [0.15, 0.2) is 54.6 Å². The van der Waals surface area contributed by atoms with Crippen LogP contribution in [0.25, 0.3) is 0 Å². The van der Waals surface area contributed by atoms with Crippen molar-refractivity contribution >= 4 is 17.6 Å². The van der Waals surface area contributed by atoms with Gasteiger partial charge in [0.1, 0.15) is 11.5 Å². The van der Waals surface area contributed by atoms with Gasteiger partial charge in [-0.05, 0) is 56.4 Å². The molecular formula is C36H51ClNO3+. The third kappa shape index (κ3) is 9.61. The topological polar surface area (TPSA) is 35.5 Å². The van der Waals surface area contributed by atoms with Crippen LogP contribution >= 0.6 is 11.6 Å². The highest BCUT2D eigenvalue weighted by Gasteiger charge is 2.48. The van der Waals surface area contributed by atoms with Crippen LogP contribution in [0, 0.1) is 0 Å². The maximum Gasteiger partial charge on any atom is 0.310 e. The monoisotopic (exact) mass is 580 g/mol. The fraction of sp³-hybridized carbons (Fsp3) is 0.583. The second kappa shape index (κ2) is 16.4. The van der Waals surface area contributed by atoms with Gasteiger partial charge in [-0.1, -0.05) is 100 Å². The fourth-order valence-corrected chi connectivity index (χ4v) is 6.74. The van der Waals surface area contributed by atoms with E-state index in [1.165, 1.54) is 76.2 Å². The molecule has 0 bridgehead atoms. The normalized spacial score (nSPS) is 21.1. The number of fused-ring (bicyclic) bond motifs is 5. The molecule has 2 aliphatic heterocycles. The van der Waals surface area contributed by atoms with Crippen molar-refractivity contribution in [3.63, 3.8) is 0 Å². The third-order valence-corrected chi connectivity index (χ3v) is 9.09. The molecule has 0 N–H and O–H groups in total. The number of rotatable bonds is 17. The Morgan fingerprint density at radius 3 is 2.20 bits per heavy atom. The van der Waals surface area contributed by atoms with E-state index in [0.29, 0.717) is 23.6 Å². The minimum Gasteiger partial charge on any atom is -0.457 e. The number of carbonyl (C=O) groups is 1. The van der Waals surface area contributed by atoms with Crippen LogP contribution in [0.5, 0.6) is 11.5 Å². The Balaban J connectivity index is 1.13. The highest BCUT2D eigenvalue weighted by Crippen LogP contribution is 2.51. The Bertz CT molecular complexity index is 1130.